The number of likely N-dealkylation sites (N-methyl/N-ethyl adjacent to an activating group) is 2. The molecular weight excluding hydrogens is 564 g/mol. The summed E-state index contributed by atoms with van der Waals surface area (Å²) >= 11 is 0. The summed E-state index contributed by atoms with van der Waals surface area (Å²) in [5.41, 5.74) is 15.0. The highest BCUT2D eigenvalue weighted by atomic mass is 16.5. The molecule has 2 heterocycles. The van der Waals surface area contributed by atoms with Crippen LogP contribution in [-0.4, -0.2) is 33.0 Å². The molecule has 2 aliphatic heterocycles. The first kappa shape index (κ1) is 31.4. The van der Waals surface area contributed by atoms with Gasteiger partial charge in [-0.05, 0) is 128 Å². The van der Waals surface area contributed by atoms with E-state index in [0.717, 1.165) is 31.4 Å². The molecule has 0 radical (unpaired) electrons. The number of aryl methyl sites for hydroxylation is 2. The van der Waals surface area contributed by atoms with Crippen molar-refractivity contribution in [3.05, 3.63) is 105 Å². The molecule has 0 saturated heterocycles. The van der Waals surface area contributed by atoms with Gasteiger partial charge < -0.3 is 19.3 Å². The van der Waals surface area contributed by atoms with E-state index in [1.807, 2.05) is 0 Å². The predicted molar refractivity (Wildman–Crippen MR) is 192 cm³/mol. The average Bonchev–Trinajstić information content (AvgIpc) is 3.78. The minimum Gasteiger partial charge on any atom is -0.493 e. The molecule has 0 aromatic heterocycles. The van der Waals surface area contributed by atoms with Crippen LogP contribution in [0.2, 0.25) is 0 Å². The number of nitrogens with zero attached hydrogens (tertiary/aromatic N) is 2. The number of anilines is 2. The summed E-state index contributed by atoms with van der Waals surface area (Å²) in [6.07, 6.45) is 19.9. The lowest BCUT2D eigenvalue weighted by atomic mass is 9.76. The van der Waals surface area contributed by atoms with Crippen molar-refractivity contribution in [3.63, 3.8) is 0 Å². The lowest BCUT2D eigenvalue weighted by Gasteiger charge is -2.44. The van der Waals surface area contributed by atoms with Gasteiger partial charge in [-0.3, -0.25) is 0 Å². The third kappa shape index (κ3) is 4.49. The lowest BCUT2D eigenvalue weighted by molar-refractivity contribution is -0.0404. The smallest absolute Gasteiger partial charge is 0.169 e. The molecule has 0 saturated carbocycles. The Labute approximate surface area is 277 Å². The number of fused-ring (bicyclic) bond motifs is 6. The van der Waals surface area contributed by atoms with Crippen molar-refractivity contribution in [2.45, 2.75) is 116 Å². The van der Waals surface area contributed by atoms with Gasteiger partial charge >= 0.3 is 0 Å². The highest BCUT2D eigenvalue weighted by molar-refractivity contribution is 5.76. The maximum absolute atomic E-state index is 6.83. The van der Waals surface area contributed by atoms with E-state index in [9.17, 15) is 0 Å². The summed E-state index contributed by atoms with van der Waals surface area (Å²) in [4.78, 5) is 4.92. The van der Waals surface area contributed by atoms with Gasteiger partial charge in [0.2, 0.25) is 0 Å². The number of benzene rings is 2. The molecule has 46 heavy (non-hydrogen) atoms. The van der Waals surface area contributed by atoms with Gasteiger partial charge in [0.05, 0.1) is 6.61 Å². The number of rotatable bonds is 7. The topological polar surface area (TPSA) is 24.9 Å². The lowest BCUT2D eigenvalue weighted by Crippen LogP contribution is -2.55. The summed E-state index contributed by atoms with van der Waals surface area (Å²) in [6.45, 7) is 15.0. The minimum atomic E-state index is -0.571. The molecule has 4 heteroatoms. The van der Waals surface area contributed by atoms with E-state index in [4.69, 9.17) is 9.47 Å². The van der Waals surface area contributed by atoms with Gasteiger partial charge in [0.1, 0.15) is 5.76 Å². The maximum Gasteiger partial charge on any atom is 0.169 e. The van der Waals surface area contributed by atoms with Gasteiger partial charge in [-0.2, -0.15) is 0 Å². The van der Waals surface area contributed by atoms with Crippen LogP contribution in [0.4, 0.5) is 11.4 Å². The van der Waals surface area contributed by atoms with E-state index in [1.54, 1.807) is 11.1 Å². The Morgan fingerprint density at radius 2 is 1.39 bits per heavy atom. The SMILES string of the molecule is CCOC1=C(/C=C/C2(OCC)N(C)c3c(ccc4c3CCC4)C2(C)C)CCC/C1=C\C=C1/N(C)c2c(ccc3c2CCC3)C1(C)C. The molecule has 0 N–H and O–H groups in total. The fraction of sp³-hybridized carbons (Fsp3) is 0.524. The van der Waals surface area contributed by atoms with Gasteiger partial charge in [-0.1, -0.05) is 64.1 Å². The zero-order valence-corrected chi connectivity index (χ0v) is 29.6. The average molecular weight is 619 g/mol. The minimum absolute atomic E-state index is 0.0383. The molecule has 2 aromatic carbocycles. The molecule has 0 spiro atoms. The quantitative estimate of drug-likeness (QED) is 0.309. The van der Waals surface area contributed by atoms with Gasteiger partial charge in [-0.25, -0.2) is 0 Å². The third-order valence-corrected chi connectivity index (χ3v) is 12.0. The zero-order valence-electron chi connectivity index (χ0n) is 29.6. The molecule has 0 amide bonds. The van der Waals surface area contributed by atoms with Gasteiger partial charge in [-0.15, -0.1) is 0 Å². The van der Waals surface area contributed by atoms with Gasteiger partial charge in [0, 0.05) is 48.6 Å². The van der Waals surface area contributed by atoms with Crippen LogP contribution >= 0.6 is 0 Å². The Bertz CT molecular complexity index is 1690. The van der Waals surface area contributed by atoms with Crippen molar-refractivity contribution in [1.82, 2.24) is 0 Å². The van der Waals surface area contributed by atoms with Gasteiger partial charge in [0.15, 0.2) is 5.72 Å². The Kier molecular flexibility index (Phi) is 7.82. The Balaban J connectivity index is 1.26. The van der Waals surface area contributed by atoms with E-state index in [2.05, 4.69) is 114 Å². The highest BCUT2D eigenvalue weighted by Gasteiger charge is 2.56. The fourth-order valence-corrected chi connectivity index (χ4v) is 9.65. The molecule has 1 atom stereocenters. The normalized spacial score (nSPS) is 26.0. The van der Waals surface area contributed by atoms with Crippen LogP contribution in [0.15, 0.2) is 71.2 Å². The van der Waals surface area contributed by atoms with Crippen molar-refractivity contribution >= 4 is 11.4 Å². The molecule has 1 unspecified atom stereocenters. The monoisotopic (exact) mass is 618 g/mol. The number of ether oxygens (including phenoxy) is 2. The molecule has 7 rings (SSSR count). The van der Waals surface area contributed by atoms with E-state index < -0.39 is 5.72 Å². The summed E-state index contributed by atoms with van der Waals surface area (Å²) in [5.74, 6) is 1.06. The molecule has 0 bridgehead atoms. The summed E-state index contributed by atoms with van der Waals surface area (Å²) < 4.78 is 13.3. The predicted octanol–water partition coefficient (Wildman–Crippen LogP) is 9.39. The number of hydrogen-bond donors (Lipinski definition) is 0. The van der Waals surface area contributed by atoms with Crippen molar-refractivity contribution in [2.75, 3.05) is 37.1 Å². The first-order valence-electron chi connectivity index (χ1n) is 18.0. The Morgan fingerprint density at radius 1 is 0.739 bits per heavy atom. The molecule has 244 valence electrons. The molecule has 5 aliphatic rings. The number of hydrogen-bond acceptors (Lipinski definition) is 4. The zero-order chi connectivity index (χ0) is 32.4. The first-order chi connectivity index (χ1) is 22.1. The molecule has 0 fully saturated rings. The highest BCUT2D eigenvalue weighted by Crippen LogP contribution is 2.55. The van der Waals surface area contributed by atoms with E-state index >= 15 is 0 Å². The van der Waals surface area contributed by atoms with Crippen molar-refractivity contribution < 1.29 is 9.47 Å². The molecule has 4 nitrogen and oxygen atoms in total. The van der Waals surface area contributed by atoms with Crippen LogP contribution in [0.25, 0.3) is 0 Å². The Hall–Kier alpha value is -3.24. The summed E-state index contributed by atoms with van der Waals surface area (Å²) in [6, 6.07) is 9.53. The van der Waals surface area contributed by atoms with Crippen LogP contribution in [0.3, 0.4) is 0 Å². The van der Waals surface area contributed by atoms with Crippen LogP contribution in [0.5, 0.6) is 0 Å². The molecule has 2 aromatic rings. The largest absolute Gasteiger partial charge is 0.493 e. The van der Waals surface area contributed by atoms with Crippen LogP contribution in [0.1, 0.15) is 107 Å². The van der Waals surface area contributed by atoms with Gasteiger partial charge in [0.25, 0.3) is 0 Å². The summed E-state index contributed by atoms with van der Waals surface area (Å²) in [5, 5.41) is 0. The van der Waals surface area contributed by atoms with E-state index in [0.29, 0.717) is 13.2 Å². The van der Waals surface area contributed by atoms with Crippen LogP contribution in [0, 0.1) is 0 Å². The fourth-order valence-electron chi connectivity index (χ4n) is 9.65. The van der Waals surface area contributed by atoms with E-state index in [1.165, 1.54) is 82.6 Å². The number of allylic oxidation sites excluding steroid dienone is 6. The van der Waals surface area contributed by atoms with Crippen molar-refractivity contribution in [1.29, 1.82) is 0 Å². The van der Waals surface area contributed by atoms with E-state index in [-0.39, 0.29) is 10.8 Å². The standard InChI is InChI=1S/C42H54N2O2/c1-9-45-39-30(22-25-36-40(3,4)34-23-20-28-14-12-18-32(28)37(34)43(36)7)16-11-17-31(39)26-27-42(46-10-2)41(5,6)35-24-21-29-15-13-19-33(29)38(35)44(42)8/h20-27H,9-19H2,1-8H3/b27-26+,30-22+,36-25-. The van der Waals surface area contributed by atoms with Crippen molar-refractivity contribution in [2.24, 2.45) is 0 Å². The second-order valence-corrected chi connectivity index (χ2v) is 15.1. The third-order valence-electron chi connectivity index (χ3n) is 12.0. The van der Waals surface area contributed by atoms with Crippen LogP contribution in [-0.2, 0) is 46.0 Å². The van der Waals surface area contributed by atoms with Crippen LogP contribution < -0.4 is 9.80 Å². The maximum atomic E-state index is 6.83. The van der Waals surface area contributed by atoms with Crippen molar-refractivity contribution in [3.8, 4) is 0 Å². The first-order valence-corrected chi connectivity index (χ1v) is 18.0. The molecular formula is C42H54N2O2. The second kappa shape index (κ2) is 11.5. The summed E-state index contributed by atoms with van der Waals surface area (Å²) in [7, 11) is 4.51. The second-order valence-electron chi connectivity index (χ2n) is 15.1. The molecule has 3 aliphatic carbocycles. The Morgan fingerprint density at radius 3 is 2.07 bits per heavy atom.